The quantitative estimate of drug-likeness (QED) is 0.730. The van der Waals surface area contributed by atoms with Crippen molar-refractivity contribution in [3.05, 3.63) is 35.6 Å². The molecule has 0 heterocycles. The van der Waals surface area contributed by atoms with E-state index < -0.39 is 0 Å². The lowest BCUT2D eigenvalue weighted by Crippen LogP contribution is -2.23. The summed E-state index contributed by atoms with van der Waals surface area (Å²) in [6.07, 6.45) is 5.28. The number of hydrogen-bond acceptors (Lipinski definition) is 0. The van der Waals surface area contributed by atoms with E-state index in [0.717, 1.165) is 23.6 Å². The summed E-state index contributed by atoms with van der Waals surface area (Å²) in [6.45, 7) is 0. The van der Waals surface area contributed by atoms with Gasteiger partial charge in [0.15, 0.2) is 0 Å². The van der Waals surface area contributed by atoms with Gasteiger partial charge < -0.3 is 0 Å². The molecule has 16 heavy (non-hydrogen) atoms. The Hall–Kier alpha value is -0.370. The number of halogens is 2. The molecule has 0 N–H and O–H groups in total. The van der Waals surface area contributed by atoms with Crippen LogP contribution in [0.1, 0.15) is 24.8 Å². The average Bonchev–Trinajstić information content (AvgIpc) is 2.91. The van der Waals surface area contributed by atoms with Gasteiger partial charge in [-0.15, -0.1) is 0 Å². The van der Waals surface area contributed by atoms with Gasteiger partial charge in [-0.3, -0.25) is 0 Å². The number of benzene rings is 1. The zero-order chi connectivity index (χ0) is 11.2. The van der Waals surface area contributed by atoms with Crippen LogP contribution >= 0.6 is 15.9 Å². The fourth-order valence-corrected chi connectivity index (χ4v) is 4.00. The molecule has 2 saturated carbocycles. The van der Waals surface area contributed by atoms with E-state index in [4.69, 9.17) is 0 Å². The Bertz CT molecular complexity index is 374. The van der Waals surface area contributed by atoms with Crippen LogP contribution in [0, 0.1) is 23.1 Å². The van der Waals surface area contributed by atoms with Gasteiger partial charge >= 0.3 is 0 Å². The fourth-order valence-electron chi connectivity index (χ4n) is 3.34. The van der Waals surface area contributed by atoms with Gasteiger partial charge in [-0.25, -0.2) is 4.39 Å². The molecule has 0 radical (unpaired) electrons. The lowest BCUT2D eigenvalue weighted by molar-refractivity contribution is 0.308. The van der Waals surface area contributed by atoms with Crippen LogP contribution in [0.4, 0.5) is 4.39 Å². The maximum atomic E-state index is 12.8. The standard InChI is InChI=1S/C14H16BrF/c15-9-14(7-11-5-12(11)8-14)6-10-1-3-13(16)4-2-10/h1-4,11-12H,5-9H2. The number of hydrogen-bond donors (Lipinski definition) is 0. The first kappa shape index (κ1) is 10.8. The lowest BCUT2D eigenvalue weighted by atomic mass is 9.79. The fraction of sp³-hybridized carbons (Fsp3) is 0.571. The SMILES string of the molecule is Fc1ccc(CC2(CBr)CC3CC3C2)cc1. The molecular formula is C14H16BrF. The molecule has 2 fully saturated rings. The second-order valence-corrected chi connectivity index (χ2v) is 6.16. The molecule has 1 aromatic rings. The van der Waals surface area contributed by atoms with Crippen molar-refractivity contribution in [3.8, 4) is 0 Å². The van der Waals surface area contributed by atoms with E-state index in [0.29, 0.717) is 5.41 Å². The van der Waals surface area contributed by atoms with Gasteiger partial charge in [0.25, 0.3) is 0 Å². The van der Waals surface area contributed by atoms with Gasteiger partial charge in [-0.2, -0.15) is 0 Å². The molecule has 3 rings (SSSR count). The normalized spacial score (nSPS) is 36.1. The van der Waals surface area contributed by atoms with Crippen molar-refractivity contribution in [2.75, 3.05) is 5.33 Å². The predicted molar refractivity (Wildman–Crippen MR) is 67.2 cm³/mol. The van der Waals surface area contributed by atoms with Crippen molar-refractivity contribution < 1.29 is 4.39 Å². The van der Waals surface area contributed by atoms with E-state index in [9.17, 15) is 4.39 Å². The molecule has 0 spiro atoms. The number of alkyl halides is 1. The smallest absolute Gasteiger partial charge is 0.123 e. The van der Waals surface area contributed by atoms with E-state index in [2.05, 4.69) is 15.9 Å². The van der Waals surface area contributed by atoms with E-state index in [-0.39, 0.29) is 5.82 Å². The Balaban J connectivity index is 1.75. The van der Waals surface area contributed by atoms with Crippen molar-refractivity contribution in [1.82, 2.24) is 0 Å². The molecule has 0 saturated heterocycles. The lowest BCUT2D eigenvalue weighted by Gasteiger charge is -2.28. The first-order chi connectivity index (χ1) is 7.71. The number of fused-ring (bicyclic) bond motifs is 1. The maximum absolute atomic E-state index is 12.8. The van der Waals surface area contributed by atoms with Crippen molar-refractivity contribution in [2.24, 2.45) is 17.3 Å². The van der Waals surface area contributed by atoms with Crippen LogP contribution in [0.3, 0.4) is 0 Å². The molecule has 2 aliphatic rings. The predicted octanol–water partition coefficient (Wildman–Crippen LogP) is 4.18. The summed E-state index contributed by atoms with van der Waals surface area (Å²) in [7, 11) is 0. The highest BCUT2D eigenvalue weighted by atomic mass is 79.9. The molecule has 0 aromatic heterocycles. The molecule has 0 bridgehead atoms. The third-order valence-corrected chi connectivity index (χ3v) is 5.42. The van der Waals surface area contributed by atoms with Crippen LogP contribution in [-0.2, 0) is 6.42 Å². The zero-order valence-corrected chi connectivity index (χ0v) is 10.8. The average molecular weight is 283 g/mol. The summed E-state index contributed by atoms with van der Waals surface area (Å²) in [5.74, 6) is 1.86. The van der Waals surface area contributed by atoms with E-state index in [1.165, 1.54) is 24.8 Å². The second kappa shape index (κ2) is 3.83. The molecule has 2 aliphatic carbocycles. The summed E-state index contributed by atoms with van der Waals surface area (Å²) < 4.78 is 12.8. The van der Waals surface area contributed by atoms with E-state index in [1.807, 2.05) is 12.1 Å². The molecule has 0 amide bonds. The van der Waals surface area contributed by atoms with E-state index in [1.54, 1.807) is 12.1 Å². The summed E-state index contributed by atoms with van der Waals surface area (Å²) in [5, 5.41) is 1.09. The molecule has 86 valence electrons. The summed E-state index contributed by atoms with van der Waals surface area (Å²) in [6, 6.07) is 7.02. The molecular weight excluding hydrogens is 267 g/mol. The molecule has 0 nitrogen and oxygen atoms in total. The van der Waals surface area contributed by atoms with Crippen LogP contribution in [0.15, 0.2) is 24.3 Å². The van der Waals surface area contributed by atoms with Crippen LogP contribution in [-0.4, -0.2) is 5.33 Å². The third-order valence-electron chi connectivity index (χ3n) is 4.24. The van der Waals surface area contributed by atoms with Crippen molar-refractivity contribution in [1.29, 1.82) is 0 Å². The first-order valence-electron chi connectivity index (χ1n) is 6.01. The Morgan fingerprint density at radius 1 is 1.19 bits per heavy atom. The topological polar surface area (TPSA) is 0 Å². The second-order valence-electron chi connectivity index (χ2n) is 5.60. The van der Waals surface area contributed by atoms with Crippen LogP contribution in [0.5, 0.6) is 0 Å². The molecule has 2 atom stereocenters. The minimum absolute atomic E-state index is 0.133. The van der Waals surface area contributed by atoms with Gasteiger partial charge in [0.05, 0.1) is 0 Å². The number of rotatable bonds is 3. The van der Waals surface area contributed by atoms with Gasteiger partial charge in [0, 0.05) is 5.33 Å². The first-order valence-corrected chi connectivity index (χ1v) is 7.13. The van der Waals surface area contributed by atoms with Crippen molar-refractivity contribution in [3.63, 3.8) is 0 Å². The Morgan fingerprint density at radius 3 is 2.38 bits per heavy atom. The van der Waals surface area contributed by atoms with Gasteiger partial charge in [0.1, 0.15) is 5.82 Å². The Morgan fingerprint density at radius 2 is 1.81 bits per heavy atom. The largest absolute Gasteiger partial charge is 0.207 e. The van der Waals surface area contributed by atoms with Crippen molar-refractivity contribution >= 4 is 15.9 Å². The Labute approximate surface area is 104 Å². The highest BCUT2D eigenvalue weighted by molar-refractivity contribution is 9.09. The highest BCUT2D eigenvalue weighted by Gasteiger charge is 2.52. The van der Waals surface area contributed by atoms with Crippen LogP contribution in [0.25, 0.3) is 0 Å². The molecule has 2 heteroatoms. The molecule has 1 aromatic carbocycles. The summed E-state index contributed by atoms with van der Waals surface area (Å²) in [4.78, 5) is 0. The molecule has 2 unspecified atom stereocenters. The van der Waals surface area contributed by atoms with Gasteiger partial charge in [-0.1, -0.05) is 28.1 Å². The third kappa shape index (κ3) is 1.92. The van der Waals surface area contributed by atoms with Crippen LogP contribution < -0.4 is 0 Å². The zero-order valence-electron chi connectivity index (χ0n) is 9.26. The Kier molecular flexibility index (Phi) is 2.58. The summed E-state index contributed by atoms with van der Waals surface area (Å²) >= 11 is 3.68. The van der Waals surface area contributed by atoms with Crippen molar-refractivity contribution in [2.45, 2.75) is 25.7 Å². The summed E-state index contributed by atoms with van der Waals surface area (Å²) in [5.41, 5.74) is 1.73. The van der Waals surface area contributed by atoms with Gasteiger partial charge in [0.2, 0.25) is 0 Å². The monoisotopic (exact) mass is 282 g/mol. The minimum atomic E-state index is -0.133. The molecule has 0 aliphatic heterocycles. The van der Waals surface area contributed by atoms with Gasteiger partial charge in [-0.05, 0) is 60.6 Å². The van der Waals surface area contributed by atoms with E-state index >= 15 is 0 Å². The minimum Gasteiger partial charge on any atom is -0.207 e. The van der Waals surface area contributed by atoms with Crippen LogP contribution in [0.2, 0.25) is 0 Å². The maximum Gasteiger partial charge on any atom is 0.123 e. The highest BCUT2D eigenvalue weighted by Crippen LogP contribution is 2.61.